The van der Waals surface area contributed by atoms with Crippen molar-refractivity contribution < 1.29 is 23.5 Å². The second-order valence-electron chi connectivity index (χ2n) is 3.87. The summed E-state index contributed by atoms with van der Waals surface area (Å²) in [6.45, 7) is -0.380. The van der Waals surface area contributed by atoms with E-state index >= 15 is 0 Å². The van der Waals surface area contributed by atoms with E-state index in [0.29, 0.717) is 5.56 Å². The molecular weight excluding hydrogens is 272 g/mol. The molecule has 0 atom stereocenters. The number of nitro groups is 1. The summed E-state index contributed by atoms with van der Waals surface area (Å²) in [6, 6.07) is 7.00. The van der Waals surface area contributed by atoms with Gasteiger partial charge in [-0.25, -0.2) is 4.39 Å². The third-order valence-electron chi connectivity index (χ3n) is 2.54. The van der Waals surface area contributed by atoms with Crippen molar-refractivity contribution >= 4 is 5.69 Å². The number of hydrogen-bond donors (Lipinski definition) is 1. The van der Waals surface area contributed by atoms with Crippen LogP contribution in [0.1, 0.15) is 5.56 Å². The predicted octanol–water partition coefficient (Wildman–Crippen LogP) is 3.16. The molecule has 0 heterocycles. The summed E-state index contributed by atoms with van der Waals surface area (Å²) in [5.74, 6) is -3.04. The maximum atomic E-state index is 13.5. The Labute approximate surface area is 112 Å². The maximum absolute atomic E-state index is 13.5. The van der Waals surface area contributed by atoms with E-state index in [-0.39, 0.29) is 12.4 Å². The van der Waals surface area contributed by atoms with Crippen molar-refractivity contribution in [2.75, 3.05) is 0 Å². The van der Waals surface area contributed by atoms with Crippen LogP contribution in [-0.4, -0.2) is 10.0 Å². The Morgan fingerprint density at radius 2 is 1.95 bits per heavy atom. The van der Waals surface area contributed by atoms with Crippen molar-refractivity contribution in [1.82, 2.24) is 0 Å². The molecular formula is C13H9F2NO4. The zero-order chi connectivity index (χ0) is 14.7. The van der Waals surface area contributed by atoms with E-state index in [2.05, 4.69) is 0 Å². The molecule has 0 saturated carbocycles. The van der Waals surface area contributed by atoms with Crippen LogP contribution in [0, 0.1) is 21.7 Å². The summed E-state index contributed by atoms with van der Waals surface area (Å²) in [6.07, 6.45) is 0. The summed E-state index contributed by atoms with van der Waals surface area (Å²) >= 11 is 0. The highest BCUT2D eigenvalue weighted by atomic mass is 19.2. The quantitative estimate of drug-likeness (QED) is 0.690. The minimum absolute atomic E-state index is 0.239. The monoisotopic (exact) mass is 281 g/mol. The molecule has 0 aliphatic carbocycles. The van der Waals surface area contributed by atoms with Crippen molar-refractivity contribution in [2.24, 2.45) is 0 Å². The number of nitrogens with zero attached hydrogens (tertiary/aromatic N) is 1. The number of halogens is 2. The van der Waals surface area contributed by atoms with Gasteiger partial charge in [-0.05, 0) is 23.8 Å². The fourth-order valence-electron chi connectivity index (χ4n) is 1.57. The van der Waals surface area contributed by atoms with Gasteiger partial charge in [0.15, 0.2) is 11.6 Å². The molecule has 7 heteroatoms. The van der Waals surface area contributed by atoms with Gasteiger partial charge >= 0.3 is 5.69 Å². The van der Waals surface area contributed by atoms with Crippen molar-refractivity contribution in [3.8, 4) is 11.5 Å². The van der Waals surface area contributed by atoms with Crippen LogP contribution in [0.2, 0.25) is 0 Å². The smallest absolute Gasteiger partial charge is 0.311 e. The molecule has 5 nitrogen and oxygen atoms in total. The highest BCUT2D eigenvalue weighted by Crippen LogP contribution is 2.33. The molecule has 0 amide bonds. The lowest BCUT2D eigenvalue weighted by atomic mass is 10.2. The molecule has 2 rings (SSSR count). The molecule has 0 radical (unpaired) electrons. The van der Waals surface area contributed by atoms with Crippen molar-refractivity contribution in [1.29, 1.82) is 0 Å². The SMILES string of the molecule is O=[N+]([O-])c1cc(CO)ccc1Oc1cccc(F)c1F. The molecule has 0 aliphatic heterocycles. The van der Waals surface area contributed by atoms with Crippen LogP contribution in [-0.2, 0) is 6.61 Å². The van der Waals surface area contributed by atoms with Gasteiger partial charge in [0.2, 0.25) is 11.6 Å². The minimum atomic E-state index is -1.23. The van der Waals surface area contributed by atoms with E-state index in [9.17, 15) is 18.9 Å². The number of benzene rings is 2. The van der Waals surface area contributed by atoms with Crippen molar-refractivity contribution in [3.05, 3.63) is 63.7 Å². The highest BCUT2D eigenvalue weighted by molar-refractivity contribution is 5.50. The number of rotatable bonds is 4. The van der Waals surface area contributed by atoms with Crippen LogP contribution in [0.4, 0.5) is 14.5 Å². The van der Waals surface area contributed by atoms with Crippen LogP contribution < -0.4 is 4.74 Å². The summed E-state index contributed by atoms with van der Waals surface area (Å²) in [5, 5.41) is 19.8. The lowest BCUT2D eigenvalue weighted by Gasteiger charge is -2.08. The molecule has 0 bridgehead atoms. The molecule has 1 N–H and O–H groups in total. The van der Waals surface area contributed by atoms with Gasteiger partial charge in [-0.1, -0.05) is 12.1 Å². The minimum Gasteiger partial charge on any atom is -0.447 e. The first kappa shape index (κ1) is 13.9. The van der Waals surface area contributed by atoms with Crippen LogP contribution in [0.5, 0.6) is 11.5 Å². The number of ether oxygens (including phenoxy) is 1. The first-order valence-electron chi connectivity index (χ1n) is 5.53. The lowest BCUT2D eigenvalue weighted by Crippen LogP contribution is -1.97. The van der Waals surface area contributed by atoms with Crippen molar-refractivity contribution in [3.63, 3.8) is 0 Å². The molecule has 2 aromatic rings. The fraction of sp³-hybridized carbons (Fsp3) is 0.0769. The molecule has 0 aliphatic rings. The molecule has 0 saturated heterocycles. The number of hydrogen-bond acceptors (Lipinski definition) is 4. The Balaban J connectivity index is 2.43. The Bertz CT molecular complexity index is 661. The van der Waals surface area contributed by atoms with Gasteiger partial charge in [0.25, 0.3) is 0 Å². The third kappa shape index (κ3) is 2.72. The number of aliphatic hydroxyl groups is 1. The van der Waals surface area contributed by atoms with Crippen LogP contribution in [0.3, 0.4) is 0 Å². The van der Waals surface area contributed by atoms with E-state index in [0.717, 1.165) is 18.2 Å². The maximum Gasteiger partial charge on any atom is 0.311 e. The Hall–Kier alpha value is -2.54. The average molecular weight is 281 g/mol. The topological polar surface area (TPSA) is 72.6 Å². The van der Waals surface area contributed by atoms with Gasteiger partial charge in [0.05, 0.1) is 11.5 Å². The number of aliphatic hydroxyl groups excluding tert-OH is 1. The van der Waals surface area contributed by atoms with E-state index in [1.807, 2.05) is 0 Å². The van der Waals surface area contributed by atoms with E-state index < -0.39 is 28.0 Å². The Morgan fingerprint density at radius 3 is 2.60 bits per heavy atom. The first-order chi connectivity index (χ1) is 9.52. The van der Waals surface area contributed by atoms with Gasteiger partial charge in [0, 0.05) is 6.07 Å². The fourth-order valence-corrected chi connectivity index (χ4v) is 1.57. The lowest BCUT2D eigenvalue weighted by molar-refractivity contribution is -0.385. The largest absolute Gasteiger partial charge is 0.447 e. The van der Waals surface area contributed by atoms with Gasteiger partial charge in [-0.15, -0.1) is 0 Å². The summed E-state index contributed by atoms with van der Waals surface area (Å²) in [4.78, 5) is 10.2. The number of nitro benzene ring substituents is 1. The summed E-state index contributed by atoms with van der Waals surface area (Å²) in [7, 11) is 0. The zero-order valence-corrected chi connectivity index (χ0v) is 10.0. The zero-order valence-electron chi connectivity index (χ0n) is 10.0. The molecule has 20 heavy (non-hydrogen) atoms. The second kappa shape index (κ2) is 5.62. The molecule has 0 aromatic heterocycles. The van der Waals surface area contributed by atoms with Crippen LogP contribution in [0.25, 0.3) is 0 Å². The molecule has 0 unspecified atom stereocenters. The first-order valence-corrected chi connectivity index (χ1v) is 5.53. The highest BCUT2D eigenvalue weighted by Gasteiger charge is 2.19. The van der Waals surface area contributed by atoms with Gasteiger partial charge in [-0.2, -0.15) is 4.39 Å². The molecule has 2 aromatic carbocycles. The second-order valence-corrected chi connectivity index (χ2v) is 3.87. The average Bonchev–Trinajstić information content (AvgIpc) is 2.44. The Morgan fingerprint density at radius 1 is 1.20 bits per heavy atom. The van der Waals surface area contributed by atoms with E-state index in [4.69, 9.17) is 9.84 Å². The van der Waals surface area contributed by atoms with Gasteiger partial charge < -0.3 is 9.84 Å². The standard InChI is InChI=1S/C13H9F2NO4/c14-9-2-1-3-12(13(9)15)20-11-5-4-8(7-17)6-10(11)16(18)19/h1-6,17H,7H2. The third-order valence-corrected chi connectivity index (χ3v) is 2.54. The normalized spacial score (nSPS) is 10.3. The summed E-state index contributed by atoms with van der Waals surface area (Å²) in [5.41, 5.74) is -0.135. The van der Waals surface area contributed by atoms with Crippen LogP contribution in [0.15, 0.2) is 36.4 Å². The van der Waals surface area contributed by atoms with E-state index in [1.54, 1.807) is 0 Å². The van der Waals surface area contributed by atoms with Gasteiger partial charge in [-0.3, -0.25) is 10.1 Å². The van der Waals surface area contributed by atoms with Gasteiger partial charge in [0.1, 0.15) is 0 Å². The van der Waals surface area contributed by atoms with Crippen molar-refractivity contribution in [2.45, 2.75) is 6.61 Å². The summed E-state index contributed by atoms with van der Waals surface area (Å²) < 4.78 is 31.5. The molecule has 104 valence electrons. The van der Waals surface area contributed by atoms with Crippen LogP contribution >= 0.6 is 0 Å². The molecule has 0 fully saturated rings. The predicted molar refractivity (Wildman–Crippen MR) is 65.5 cm³/mol. The Kier molecular flexibility index (Phi) is 3.90. The molecule has 0 spiro atoms. The van der Waals surface area contributed by atoms with E-state index in [1.165, 1.54) is 18.2 Å².